The van der Waals surface area contributed by atoms with Crippen molar-refractivity contribution in [2.45, 2.75) is 26.2 Å². The third-order valence-electron chi connectivity index (χ3n) is 3.75. The Morgan fingerprint density at radius 3 is 2.95 bits per heavy atom. The fraction of sp³-hybridized carbons (Fsp3) is 0.562. The van der Waals surface area contributed by atoms with E-state index in [0.29, 0.717) is 0 Å². The molecule has 1 N–H and O–H groups in total. The number of hydrogen-bond donors (Lipinski definition) is 1. The van der Waals surface area contributed by atoms with Gasteiger partial charge in [-0.1, -0.05) is 19.1 Å². The number of nitrogens with zero attached hydrogens (tertiary/aromatic N) is 2. The van der Waals surface area contributed by atoms with E-state index in [1.807, 2.05) is 13.1 Å². The lowest BCUT2D eigenvalue weighted by atomic mass is 10.0. The maximum Gasteiger partial charge on any atom is 0.193 e. The minimum atomic E-state index is -0.170. The summed E-state index contributed by atoms with van der Waals surface area (Å²) in [6.07, 6.45) is 3.34. The van der Waals surface area contributed by atoms with Crippen molar-refractivity contribution >= 4 is 29.9 Å². The number of rotatable bonds is 3. The normalized spacial score (nSPS) is 19.1. The maximum absolute atomic E-state index is 13.1. The molecule has 1 atom stereocenters. The molecule has 21 heavy (non-hydrogen) atoms. The average Bonchev–Trinajstić information content (AvgIpc) is 2.44. The molecule has 1 unspecified atom stereocenters. The third-order valence-corrected chi connectivity index (χ3v) is 3.75. The van der Waals surface area contributed by atoms with Gasteiger partial charge >= 0.3 is 0 Å². The standard InChI is InChI=1S/C16H24FN3.HI/c1-13-5-4-10-20(12-13)16(18-2)19-9-8-14-6-3-7-15(17)11-14;/h3,6-7,11,13H,4-5,8-10,12H2,1-2H3,(H,18,19);1H. The SMILES string of the molecule is CN=C(NCCc1cccc(F)c1)N1CCCC(C)C1.I. The Morgan fingerprint density at radius 2 is 2.29 bits per heavy atom. The molecule has 5 heteroatoms. The highest BCUT2D eigenvalue weighted by atomic mass is 127. The molecule has 118 valence electrons. The van der Waals surface area contributed by atoms with Gasteiger partial charge in [0, 0.05) is 26.7 Å². The van der Waals surface area contributed by atoms with Gasteiger partial charge in [-0.25, -0.2) is 4.39 Å². The molecule has 1 fully saturated rings. The van der Waals surface area contributed by atoms with Crippen LogP contribution < -0.4 is 5.32 Å². The Labute approximate surface area is 144 Å². The van der Waals surface area contributed by atoms with E-state index < -0.39 is 0 Å². The van der Waals surface area contributed by atoms with Crippen molar-refractivity contribution in [3.05, 3.63) is 35.6 Å². The van der Waals surface area contributed by atoms with Gasteiger partial charge in [0.1, 0.15) is 5.82 Å². The average molecular weight is 405 g/mol. The van der Waals surface area contributed by atoms with Gasteiger partial charge in [0.25, 0.3) is 0 Å². The van der Waals surface area contributed by atoms with Crippen molar-refractivity contribution in [3.63, 3.8) is 0 Å². The molecule has 1 aromatic rings. The second-order valence-electron chi connectivity index (χ2n) is 5.55. The summed E-state index contributed by atoms with van der Waals surface area (Å²) in [6, 6.07) is 6.78. The van der Waals surface area contributed by atoms with E-state index in [9.17, 15) is 4.39 Å². The fourth-order valence-corrected chi connectivity index (χ4v) is 2.73. The molecule has 0 aliphatic carbocycles. The van der Waals surface area contributed by atoms with Crippen molar-refractivity contribution in [1.29, 1.82) is 0 Å². The molecular formula is C16H25FIN3. The zero-order valence-electron chi connectivity index (χ0n) is 12.8. The predicted molar refractivity (Wildman–Crippen MR) is 96.9 cm³/mol. The Hall–Kier alpha value is -0.850. The van der Waals surface area contributed by atoms with Crippen molar-refractivity contribution < 1.29 is 4.39 Å². The number of piperidine rings is 1. The number of hydrogen-bond acceptors (Lipinski definition) is 1. The van der Waals surface area contributed by atoms with Crippen LogP contribution in [0.3, 0.4) is 0 Å². The van der Waals surface area contributed by atoms with Crippen LogP contribution in [0, 0.1) is 11.7 Å². The molecule has 1 aromatic carbocycles. The molecule has 3 nitrogen and oxygen atoms in total. The van der Waals surface area contributed by atoms with Crippen LogP contribution in [-0.4, -0.2) is 37.5 Å². The molecular weight excluding hydrogens is 380 g/mol. The van der Waals surface area contributed by atoms with Gasteiger partial charge in [-0.3, -0.25) is 4.99 Å². The first-order valence-electron chi connectivity index (χ1n) is 7.39. The number of likely N-dealkylation sites (tertiary alicyclic amines) is 1. The first-order chi connectivity index (χ1) is 9.69. The molecule has 0 radical (unpaired) electrons. The van der Waals surface area contributed by atoms with Gasteiger partial charge in [-0.05, 0) is 42.9 Å². The summed E-state index contributed by atoms with van der Waals surface area (Å²) in [4.78, 5) is 6.67. The van der Waals surface area contributed by atoms with Crippen LogP contribution in [-0.2, 0) is 6.42 Å². The molecule has 2 rings (SSSR count). The second-order valence-corrected chi connectivity index (χ2v) is 5.55. The highest BCUT2D eigenvalue weighted by molar-refractivity contribution is 14.0. The number of halogens is 2. The second kappa shape index (κ2) is 9.23. The summed E-state index contributed by atoms with van der Waals surface area (Å²) in [5.74, 6) is 1.52. The third kappa shape index (κ3) is 5.80. The predicted octanol–water partition coefficient (Wildman–Crippen LogP) is 3.29. The zero-order valence-corrected chi connectivity index (χ0v) is 15.1. The lowest BCUT2D eigenvalue weighted by Crippen LogP contribution is -2.46. The number of nitrogens with one attached hydrogen (secondary N) is 1. The molecule has 1 heterocycles. The van der Waals surface area contributed by atoms with Crippen molar-refractivity contribution in [2.75, 3.05) is 26.7 Å². The summed E-state index contributed by atoms with van der Waals surface area (Å²) < 4.78 is 13.1. The fourth-order valence-electron chi connectivity index (χ4n) is 2.73. The Balaban J connectivity index is 0.00000220. The quantitative estimate of drug-likeness (QED) is 0.475. The molecule has 0 aromatic heterocycles. The first-order valence-corrected chi connectivity index (χ1v) is 7.39. The van der Waals surface area contributed by atoms with Crippen molar-refractivity contribution in [3.8, 4) is 0 Å². The van der Waals surface area contributed by atoms with Crippen LogP contribution >= 0.6 is 24.0 Å². The lowest BCUT2D eigenvalue weighted by molar-refractivity contribution is 0.266. The number of benzene rings is 1. The lowest BCUT2D eigenvalue weighted by Gasteiger charge is -2.33. The molecule has 1 aliphatic heterocycles. The summed E-state index contributed by atoms with van der Waals surface area (Å²) in [5.41, 5.74) is 1.01. The smallest absolute Gasteiger partial charge is 0.193 e. The Kier molecular flexibility index (Phi) is 8.00. The molecule has 0 bridgehead atoms. The highest BCUT2D eigenvalue weighted by Gasteiger charge is 2.18. The maximum atomic E-state index is 13.1. The topological polar surface area (TPSA) is 27.6 Å². The van der Waals surface area contributed by atoms with Crippen LogP contribution in [0.5, 0.6) is 0 Å². The van der Waals surface area contributed by atoms with Gasteiger partial charge < -0.3 is 10.2 Å². The summed E-state index contributed by atoms with van der Waals surface area (Å²) in [7, 11) is 1.82. The number of aliphatic imine (C=N–C) groups is 1. The Morgan fingerprint density at radius 1 is 1.48 bits per heavy atom. The van der Waals surface area contributed by atoms with Crippen LogP contribution in [0.2, 0.25) is 0 Å². The highest BCUT2D eigenvalue weighted by Crippen LogP contribution is 2.15. The van der Waals surface area contributed by atoms with Gasteiger partial charge in [0.2, 0.25) is 0 Å². The van der Waals surface area contributed by atoms with Crippen molar-refractivity contribution in [2.24, 2.45) is 10.9 Å². The summed E-state index contributed by atoms with van der Waals surface area (Å²) in [5, 5.41) is 3.38. The van der Waals surface area contributed by atoms with E-state index in [0.717, 1.165) is 43.5 Å². The van der Waals surface area contributed by atoms with E-state index in [1.165, 1.54) is 18.9 Å². The first kappa shape index (κ1) is 18.2. The minimum absolute atomic E-state index is 0. The largest absolute Gasteiger partial charge is 0.356 e. The van der Waals surface area contributed by atoms with E-state index in [2.05, 4.69) is 22.1 Å². The van der Waals surface area contributed by atoms with Gasteiger partial charge in [0.05, 0.1) is 0 Å². The molecule has 1 aliphatic rings. The van der Waals surface area contributed by atoms with Crippen LogP contribution in [0.4, 0.5) is 4.39 Å². The Bertz CT molecular complexity index is 465. The van der Waals surface area contributed by atoms with E-state index in [4.69, 9.17) is 0 Å². The monoisotopic (exact) mass is 405 g/mol. The van der Waals surface area contributed by atoms with E-state index in [-0.39, 0.29) is 29.8 Å². The molecule has 0 amide bonds. The molecule has 1 saturated heterocycles. The van der Waals surface area contributed by atoms with Crippen LogP contribution in [0.1, 0.15) is 25.3 Å². The van der Waals surface area contributed by atoms with Crippen molar-refractivity contribution in [1.82, 2.24) is 10.2 Å². The molecule has 0 spiro atoms. The van der Waals surface area contributed by atoms with Gasteiger partial charge in [-0.2, -0.15) is 0 Å². The van der Waals surface area contributed by atoms with Gasteiger partial charge in [-0.15, -0.1) is 24.0 Å². The van der Waals surface area contributed by atoms with E-state index in [1.54, 1.807) is 12.1 Å². The summed E-state index contributed by atoms with van der Waals surface area (Å²) in [6.45, 7) is 5.21. The van der Waals surface area contributed by atoms with Crippen LogP contribution in [0.25, 0.3) is 0 Å². The van der Waals surface area contributed by atoms with Gasteiger partial charge in [0.15, 0.2) is 5.96 Å². The zero-order chi connectivity index (χ0) is 14.4. The molecule has 0 saturated carbocycles. The minimum Gasteiger partial charge on any atom is -0.356 e. The van der Waals surface area contributed by atoms with Crippen LogP contribution in [0.15, 0.2) is 29.3 Å². The van der Waals surface area contributed by atoms with E-state index >= 15 is 0 Å². The summed E-state index contributed by atoms with van der Waals surface area (Å²) >= 11 is 0. The number of guanidine groups is 1.